The smallest absolute Gasteiger partial charge is 0.195 e. The molecule has 1 N–H and O–H groups in total. The molecule has 0 atom stereocenters. The van der Waals surface area contributed by atoms with E-state index in [4.69, 9.17) is 9.72 Å². The van der Waals surface area contributed by atoms with Crippen molar-refractivity contribution in [2.24, 2.45) is 0 Å². The van der Waals surface area contributed by atoms with E-state index in [0.717, 1.165) is 43.6 Å². The number of anilines is 1. The number of rotatable bonds is 9. The Morgan fingerprint density at radius 3 is 3.05 bits per heavy atom. The third kappa shape index (κ3) is 3.39. The van der Waals surface area contributed by atoms with Crippen LogP contribution in [0.5, 0.6) is 0 Å². The molecule has 0 saturated heterocycles. The topological polar surface area (TPSA) is 41.8 Å². The fourth-order valence-electron chi connectivity index (χ4n) is 2.50. The maximum absolute atomic E-state index is 5.50. The third-order valence-corrected chi connectivity index (χ3v) is 4.62. The van der Waals surface area contributed by atoms with E-state index in [9.17, 15) is 0 Å². The van der Waals surface area contributed by atoms with Crippen LogP contribution < -0.4 is 10.2 Å². The van der Waals surface area contributed by atoms with Gasteiger partial charge in [0, 0.05) is 43.9 Å². The van der Waals surface area contributed by atoms with Gasteiger partial charge >= 0.3 is 0 Å². The van der Waals surface area contributed by atoms with Gasteiger partial charge in [-0.05, 0) is 26.7 Å². The molecule has 2 aromatic heterocycles. The summed E-state index contributed by atoms with van der Waals surface area (Å²) in [6.45, 7) is 8.48. The predicted octanol–water partition coefficient (Wildman–Crippen LogP) is 2.51. The maximum atomic E-state index is 5.50. The van der Waals surface area contributed by atoms with Gasteiger partial charge in [0.1, 0.15) is 0 Å². The van der Waals surface area contributed by atoms with E-state index in [1.807, 2.05) is 6.92 Å². The number of hydrogen-bond acceptors (Lipinski definition) is 5. The van der Waals surface area contributed by atoms with E-state index in [0.29, 0.717) is 6.04 Å². The van der Waals surface area contributed by atoms with Gasteiger partial charge in [-0.15, -0.1) is 11.3 Å². The quantitative estimate of drug-likeness (QED) is 0.723. The van der Waals surface area contributed by atoms with Gasteiger partial charge in [-0.25, -0.2) is 4.98 Å². The lowest BCUT2D eigenvalue weighted by Gasteiger charge is -2.22. The zero-order valence-electron chi connectivity index (χ0n) is 12.8. The number of likely N-dealkylation sites (N-methyl/N-ethyl adjacent to an activating group) is 1. The second-order valence-electron chi connectivity index (χ2n) is 5.37. The van der Waals surface area contributed by atoms with E-state index in [1.165, 1.54) is 18.5 Å². The maximum Gasteiger partial charge on any atom is 0.195 e. The molecule has 0 aliphatic heterocycles. The first-order chi connectivity index (χ1) is 10.3. The minimum atomic E-state index is 0.709. The Labute approximate surface area is 129 Å². The summed E-state index contributed by atoms with van der Waals surface area (Å²) in [5.41, 5.74) is 1.27. The molecule has 0 bridgehead atoms. The van der Waals surface area contributed by atoms with Crippen molar-refractivity contribution in [2.75, 3.05) is 31.2 Å². The van der Waals surface area contributed by atoms with Gasteiger partial charge in [0.05, 0.1) is 12.3 Å². The number of imidazole rings is 1. The number of aromatic nitrogens is 2. The summed E-state index contributed by atoms with van der Waals surface area (Å²) >= 11 is 1.69. The highest BCUT2D eigenvalue weighted by molar-refractivity contribution is 7.15. The molecule has 0 aromatic carbocycles. The van der Waals surface area contributed by atoms with Gasteiger partial charge < -0.3 is 15.0 Å². The van der Waals surface area contributed by atoms with Crippen LogP contribution in [0.3, 0.4) is 0 Å². The van der Waals surface area contributed by atoms with Crippen LogP contribution in [-0.2, 0) is 11.3 Å². The Kier molecular flexibility index (Phi) is 4.77. The fraction of sp³-hybridized carbons (Fsp3) is 0.667. The van der Waals surface area contributed by atoms with Crippen LogP contribution in [0.4, 0.5) is 5.82 Å². The monoisotopic (exact) mass is 308 g/mol. The van der Waals surface area contributed by atoms with Gasteiger partial charge in [0.2, 0.25) is 0 Å². The van der Waals surface area contributed by atoms with Crippen molar-refractivity contribution >= 4 is 22.1 Å². The highest BCUT2D eigenvalue weighted by Gasteiger charge is 2.23. The Morgan fingerprint density at radius 2 is 2.33 bits per heavy atom. The molecule has 1 saturated carbocycles. The van der Waals surface area contributed by atoms with Crippen LogP contribution in [0.25, 0.3) is 4.96 Å². The lowest BCUT2D eigenvalue weighted by molar-refractivity contribution is 0.154. The highest BCUT2D eigenvalue weighted by Crippen LogP contribution is 2.26. The lowest BCUT2D eigenvalue weighted by atomic mass is 10.3. The number of hydrogen-bond donors (Lipinski definition) is 1. The molecule has 21 heavy (non-hydrogen) atoms. The SMILES string of the molecule is CCOCCN(CC)c1nc2sccn2c1CNC1CC1. The molecule has 1 fully saturated rings. The van der Waals surface area contributed by atoms with Crippen LogP contribution in [0, 0.1) is 0 Å². The standard InChI is InChI=1S/C15H24N4OS/c1-3-18(7-9-20-4-2)14-13(11-16-12-5-6-12)19-8-10-21-15(19)17-14/h8,10,12,16H,3-7,9,11H2,1-2H3. The summed E-state index contributed by atoms with van der Waals surface area (Å²) in [5, 5.41) is 5.71. The van der Waals surface area contributed by atoms with Crippen LogP contribution in [-0.4, -0.2) is 41.7 Å². The third-order valence-electron chi connectivity index (χ3n) is 3.87. The van der Waals surface area contributed by atoms with Crippen molar-refractivity contribution in [1.29, 1.82) is 0 Å². The van der Waals surface area contributed by atoms with Crippen molar-refractivity contribution in [2.45, 2.75) is 39.3 Å². The second-order valence-corrected chi connectivity index (χ2v) is 6.24. The first kappa shape index (κ1) is 14.8. The molecule has 2 aromatic rings. The van der Waals surface area contributed by atoms with Gasteiger partial charge in [0.25, 0.3) is 0 Å². The summed E-state index contributed by atoms with van der Waals surface area (Å²) < 4.78 is 7.72. The fourth-order valence-corrected chi connectivity index (χ4v) is 3.23. The van der Waals surface area contributed by atoms with Gasteiger partial charge in [-0.1, -0.05) is 0 Å². The number of fused-ring (bicyclic) bond motifs is 1. The predicted molar refractivity (Wildman–Crippen MR) is 87.3 cm³/mol. The minimum Gasteiger partial charge on any atom is -0.380 e. The van der Waals surface area contributed by atoms with Crippen LogP contribution in [0.15, 0.2) is 11.6 Å². The Hall–Kier alpha value is -1.11. The molecule has 0 spiro atoms. The molecular weight excluding hydrogens is 284 g/mol. The van der Waals surface area contributed by atoms with Crippen LogP contribution >= 0.6 is 11.3 Å². The molecule has 3 rings (SSSR count). The van der Waals surface area contributed by atoms with Crippen molar-refractivity contribution < 1.29 is 4.74 Å². The molecule has 5 nitrogen and oxygen atoms in total. The summed E-state index contributed by atoms with van der Waals surface area (Å²) in [4.78, 5) is 8.23. The van der Waals surface area contributed by atoms with E-state index in [2.05, 4.69) is 33.1 Å². The average molecular weight is 308 g/mol. The van der Waals surface area contributed by atoms with Gasteiger partial charge in [0.15, 0.2) is 10.8 Å². The Bertz CT molecular complexity index is 575. The first-order valence-corrected chi connectivity index (χ1v) is 8.72. The largest absolute Gasteiger partial charge is 0.380 e. The molecular formula is C15H24N4OS. The van der Waals surface area contributed by atoms with Gasteiger partial charge in [-0.3, -0.25) is 4.40 Å². The number of thiazole rings is 1. The molecule has 0 radical (unpaired) electrons. The number of ether oxygens (including phenoxy) is 1. The summed E-state index contributed by atoms with van der Waals surface area (Å²) in [5.74, 6) is 1.11. The van der Waals surface area contributed by atoms with E-state index in [1.54, 1.807) is 11.3 Å². The molecule has 1 aliphatic carbocycles. The first-order valence-electron chi connectivity index (χ1n) is 7.84. The van der Waals surface area contributed by atoms with Crippen molar-refractivity contribution in [1.82, 2.24) is 14.7 Å². The highest BCUT2D eigenvalue weighted by atomic mass is 32.1. The Balaban J connectivity index is 1.80. The van der Waals surface area contributed by atoms with Crippen molar-refractivity contribution in [3.05, 3.63) is 17.3 Å². The zero-order valence-corrected chi connectivity index (χ0v) is 13.7. The molecule has 1 aliphatic rings. The Morgan fingerprint density at radius 1 is 1.48 bits per heavy atom. The number of nitrogens with one attached hydrogen (secondary N) is 1. The lowest BCUT2D eigenvalue weighted by Crippen LogP contribution is -2.29. The second kappa shape index (κ2) is 6.77. The minimum absolute atomic E-state index is 0.709. The van der Waals surface area contributed by atoms with E-state index >= 15 is 0 Å². The number of nitrogens with zero attached hydrogens (tertiary/aromatic N) is 3. The zero-order chi connectivity index (χ0) is 14.7. The summed E-state index contributed by atoms with van der Waals surface area (Å²) in [6, 6.07) is 0.709. The molecule has 0 amide bonds. The molecule has 0 unspecified atom stereocenters. The van der Waals surface area contributed by atoms with Gasteiger partial charge in [-0.2, -0.15) is 0 Å². The normalized spacial score (nSPS) is 15.0. The molecule has 6 heteroatoms. The van der Waals surface area contributed by atoms with E-state index in [-0.39, 0.29) is 0 Å². The van der Waals surface area contributed by atoms with Crippen molar-refractivity contribution in [3.8, 4) is 0 Å². The average Bonchev–Trinajstić information content (AvgIpc) is 3.10. The van der Waals surface area contributed by atoms with Crippen LogP contribution in [0.2, 0.25) is 0 Å². The summed E-state index contributed by atoms with van der Waals surface area (Å²) in [7, 11) is 0. The summed E-state index contributed by atoms with van der Waals surface area (Å²) in [6.07, 6.45) is 4.74. The molecule has 116 valence electrons. The molecule has 2 heterocycles. The van der Waals surface area contributed by atoms with E-state index < -0.39 is 0 Å². The van der Waals surface area contributed by atoms with Crippen LogP contribution in [0.1, 0.15) is 32.4 Å². The van der Waals surface area contributed by atoms with Crippen molar-refractivity contribution in [3.63, 3.8) is 0 Å².